The molecule has 2 rings (SSSR count). The highest BCUT2D eigenvalue weighted by Gasteiger charge is 2.25. The summed E-state index contributed by atoms with van der Waals surface area (Å²) in [6.07, 6.45) is 3.18. The van der Waals surface area contributed by atoms with Crippen LogP contribution in [0.1, 0.15) is 29.6 Å². The lowest BCUT2D eigenvalue weighted by molar-refractivity contribution is 0.0983. The molecule has 1 atom stereocenters. The van der Waals surface area contributed by atoms with Crippen molar-refractivity contribution in [3.8, 4) is 0 Å². The van der Waals surface area contributed by atoms with Crippen LogP contribution in [0.5, 0.6) is 0 Å². The summed E-state index contributed by atoms with van der Waals surface area (Å²) in [5.74, 6) is 0.714. The normalized spacial score (nSPS) is 20.8. The molecule has 0 saturated carbocycles. The number of carbonyl (C=O) groups is 1. The molecule has 4 heteroatoms. The third kappa shape index (κ3) is 2.48. The lowest BCUT2D eigenvalue weighted by Gasteiger charge is -2.20. The third-order valence-electron chi connectivity index (χ3n) is 2.69. The van der Waals surface area contributed by atoms with Gasteiger partial charge in [-0.3, -0.25) is 4.79 Å². The first-order chi connectivity index (χ1) is 7.70. The van der Waals surface area contributed by atoms with Crippen molar-refractivity contribution in [2.75, 3.05) is 5.75 Å². The first-order valence-corrected chi connectivity index (χ1v) is 7.14. The highest BCUT2D eigenvalue weighted by atomic mass is 79.9. The van der Waals surface area contributed by atoms with Crippen LogP contribution in [-0.2, 0) is 0 Å². The second-order valence-corrected chi connectivity index (χ2v) is 5.92. The fourth-order valence-corrected chi connectivity index (χ4v) is 3.54. The van der Waals surface area contributed by atoms with E-state index in [2.05, 4.69) is 15.9 Å². The number of carbonyl (C=O) groups excluding carboxylic acids is 1. The minimum Gasteiger partial charge on any atom is -0.293 e. The van der Waals surface area contributed by atoms with Crippen molar-refractivity contribution in [1.29, 1.82) is 0 Å². The van der Waals surface area contributed by atoms with Crippen molar-refractivity contribution in [3.63, 3.8) is 0 Å². The van der Waals surface area contributed by atoms with E-state index in [4.69, 9.17) is 0 Å². The molecule has 1 nitrogen and oxygen atoms in total. The topological polar surface area (TPSA) is 17.1 Å². The van der Waals surface area contributed by atoms with Gasteiger partial charge in [0.1, 0.15) is 5.82 Å². The number of benzene rings is 1. The molecule has 0 spiro atoms. The predicted molar refractivity (Wildman–Crippen MR) is 68.5 cm³/mol. The lowest BCUT2D eigenvalue weighted by Crippen LogP contribution is -2.21. The highest BCUT2D eigenvalue weighted by molar-refractivity contribution is 9.10. The molecule has 1 aromatic carbocycles. The Bertz CT molecular complexity index is 402. The van der Waals surface area contributed by atoms with Crippen LogP contribution in [0.25, 0.3) is 0 Å². The van der Waals surface area contributed by atoms with E-state index in [0.717, 1.165) is 18.6 Å². The molecular weight excluding hydrogens is 291 g/mol. The average Bonchev–Trinajstić information content (AvgIpc) is 2.33. The molecule has 1 aliphatic rings. The minimum absolute atomic E-state index is 0.00634. The Hall–Kier alpha value is -0.350. The number of Topliss-reactive ketones (excluding diaryl/α,β-unsaturated/α-hetero) is 1. The molecule has 0 N–H and O–H groups in total. The van der Waals surface area contributed by atoms with Gasteiger partial charge in [0, 0.05) is 5.56 Å². The summed E-state index contributed by atoms with van der Waals surface area (Å²) in [4.78, 5) is 12.2. The SMILES string of the molecule is O=C(c1cccc(F)c1Br)C1CCCCS1. The monoisotopic (exact) mass is 302 g/mol. The van der Waals surface area contributed by atoms with Gasteiger partial charge < -0.3 is 0 Å². The second-order valence-electron chi connectivity index (χ2n) is 3.82. The van der Waals surface area contributed by atoms with E-state index in [-0.39, 0.29) is 16.9 Å². The number of rotatable bonds is 2. The van der Waals surface area contributed by atoms with Gasteiger partial charge in [-0.25, -0.2) is 4.39 Å². The Morgan fingerprint density at radius 3 is 2.94 bits per heavy atom. The van der Waals surface area contributed by atoms with Crippen molar-refractivity contribution in [3.05, 3.63) is 34.1 Å². The molecule has 0 radical (unpaired) electrons. The predicted octanol–water partition coefficient (Wildman–Crippen LogP) is 4.06. The minimum atomic E-state index is -0.369. The summed E-state index contributed by atoms with van der Waals surface area (Å²) >= 11 is 4.83. The highest BCUT2D eigenvalue weighted by Crippen LogP contribution is 2.30. The molecule has 0 aromatic heterocycles. The summed E-state index contributed by atoms with van der Waals surface area (Å²) in [5.41, 5.74) is 0.472. The van der Waals surface area contributed by atoms with Gasteiger partial charge in [0.25, 0.3) is 0 Å². The molecule has 0 amide bonds. The fraction of sp³-hybridized carbons (Fsp3) is 0.417. The van der Waals surface area contributed by atoms with Gasteiger partial charge in [0.15, 0.2) is 5.78 Å². The number of halogens is 2. The van der Waals surface area contributed by atoms with E-state index < -0.39 is 0 Å². The largest absolute Gasteiger partial charge is 0.293 e. The average molecular weight is 303 g/mol. The summed E-state index contributed by atoms with van der Waals surface area (Å²) in [5, 5.41) is 0.00634. The second kappa shape index (κ2) is 5.32. The zero-order chi connectivity index (χ0) is 11.5. The van der Waals surface area contributed by atoms with Crippen molar-refractivity contribution >= 4 is 33.5 Å². The van der Waals surface area contributed by atoms with Crippen LogP contribution in [0, 0.1) is 5.82 Å². The standard InChI is InChI=1S/C12H12BrFOS/c13-11-8(4-3-5-9(11)14)12(15)10-6-1-2-7-16-10/h3-5,10H,1-2,6-7H2. The van der Waals surface area contributed by atoms with E-state index in [1.54, 1.807) is 23.9 Å². The third-order valence-corrected chi connectivity index (χ3v) is 4.87. The number of ketones is 1. The van der Waals surface area contributed by atoms with Gasteiger partial charge in [0.05, 0.1) is 9.72 Å². The van der Waals surface area contributed by atoms with E-state index >= 15 is 0 Å². The van der Waals surface area contributed by atoms with Gasteiger partial charge in [-0.05, 0) is 40.6 Å². The van der Waals surface area contributed by atoms with Crippen molar-refractivity contribution in [1.82, 2.24) is 0 Å². The first kappa shape index (κ1) is 12.1. The fourth-order valence-electron chi connectivity index (χ4n) is 1.82. The van der Waals surface area contributed by atoms with Crippen LogP contribution < -0.4 is 0 Å². The maximum absolute atomic E-state index is 13.3. The van der Waals surface area contributed by atoms with E-state index in [1.165, 1.54) is 12.5 Å². The van der Waals surface area contributed by atoms with Crippen molar-refractivity contribution in [2.45, 2.75) is 24.5 Å². The van der Waals surface area contributed by atoms with Gasteiger partial charge >= 0.3 is 0 Å². The smallest absolute Gasteiger partial charge is 0.177 e. The van der Waals surface area contributed by atoms with Gasteiger partial charge in [0.2, 0.25) is 0 Å². The Morgan fingerprint density at radius 1 is 1.44 bits per heavy atom. The van der Waals surface area contributed by atoms with Crippen molar-refractivity contribution < 1.29 is 9.18 Å². The molecule has 1 saturated heterocycles. The molecule has 16 heavy (non-hydrogen) atoms. The van der Waals surface area contributed by atoms with Crippen LogP contribution in [0.15, 0.2) is 22.7 Å². The van der Waals surface area contributed by atoms with Gasteiger partial charge in [-0.1, -0.05) is 18.6 Å². The van der Waals surface area contributed by atoms with Gasteiger partial charge in [-0.15, -0.1) is 0 Å². The number of hydrogen-bond acceptors (Lipinski definition) is 2. The van der Waals surface area contributed by atoms with Crippen LogP contribution in [0.2, 0.25) is 0 Å². The molecule has 1 heterocycles. The van der Waals surface area contributed by atoms with Crippen LogP contribution in [-0.4, -0.2) is 16.8 Å². The lowest BCUT2D eigenvalue weighted by atomic mass is 10.0. The summed E-state index contributed by atoms with van der Waals surface area (Å²) in [6, 6.07) is 4.63. The quantitative estimate of drug-likeness (QED) is 0.767. The van der Waals surface area contributed by atoms with E-state index in [9.17, 15) is 9.18 Å². The molecule has 1 aliphatic heterocycles. The van der Waals surface area contributed by atoms with Crippen molar-refractivity contribution in [2.24, 2.45) is 0 Å². The van der Waals surface area contributed by atoms with E-state index in [0.29, 0.717) is 10.0 Å². The molecular formula is C12H12BrFOS. The van der Waals surface area contributed by atoms with Crippen LogP contribution in [0.3, 0.4) is 0 Å². The Kier molecular flexibility index (Phi) is 4.03. The molecule has 1 unspecified atom stereocenters. The molecule has 0 bridgehead atoms. The summed E-state index contributed by atoms with van der Waals surface area (Å²) < 4.78 is 13.6. The Morgan fingerprint density at radius 2 is 2.25 bits per heavy atom. The molecule has 0 aliphatic carbocycles. The maximum Gasteiger partial charge on any atom is 0.177 e. The Labute approximate surface area is 107 Å². The Balaban J connectivity index is 2.22. The summed E-state index contributed by atoms with van der Waals surface area (Å²) in [6.45, 7) is 0. The maximum atomic E-state index is 13.3. The van der Waals surface area contributed by atoms with E-state index in [1.807, 2.05) is 0 Å². The first-order valence-electron chi connectivity index (χ1n) is 5.30. The van der Waals surface area contributed by atoms with Crippen LogP contribution in [0.4, 0.5) is 4.39 Å². The number of hydrogen-bond donors (Lipinski definition) is 0. The van der Waals surface area contributed by atoms with Crippen LogP contribution >= 0.6 is 27.7 Å². The molecule has 1 aromatic rings. The van der Waals surface area contributed by atoms with Gasteiger partial charge in [-0.2, -0.15) is 11.8 Å². The zero-order valence-electron chi connectivity index (χ0n) is 8.71. The summed E-state index contributed by atoms with van der Waals surface area (Å²) in [7, 11) is 0. The molecule has 1 fully saturated rings. The molecule has 86 valence electrons. The zero-order valence-corrected chi connectivity index (χ0v) is 11.1. The number of thioether (sulfide) groups is 1.